The molecule has 2 saturated heterocycles. The molecule has 11 rings (SSSR count). The highest BCUT2D eigenvalue weighted by Crippen LogP contribution is 2.79. The maximum absolute atomic E-state index is 4.16. The number of piperidine rings is 2. The monoisotopic (exact) mass is 748 g/mol. The lowest BCUT2D eigenvalue weighted by molar-refractivity contribution is 0.0184. The van der Waals surface area contributed by atoms with Crippen LogP contribution in [0, 0.1) is 35.5 Å². The van der Waals surface area contributed by atoms with Crippen LogP contribution in [0.4, 0.5) is 0 Å². The molecule has 2 aliphatic heterocycles. The van der Waals surface area contributed by atoms with Gasteiger partial charge in [-0.25, -0.2) is 0 Å². The average Bonchev–Trinajstić information content (AvgIpc) is 3.04. The molecule has 0 spiro atoms. The standard InChI is InChI=1S/C44H74N2P2Si2/c1-49(2,3)39-21-37(29-47(41-11-7-9-13-45-41)42-12-8-10-14-46-42)38(22-40(39)50(4,5)6)30-48(43-23-31-15-32(24-43)17-33(16-31)25-43)44-26-34-18-35(27-44)20-36(19-34)28-44/h21-22,31-36,41-42,45-46H,7-20,23-30H2,1-6H3. The molecule has 1 aromatic carbocycles. The molecule has 2 heterocycles. The van der Waals surface area contributed by atoms with Crippen molar-refractivity contribution in [3.8, 4) is 0 Å². The summed E-state index contributed by atoms with van der Waals surface area (Å²) in [6, 6.07) is 5.96. The SMILES string of the molecule is C[Si](C)(C)c1cc(CP(C2CCCCN2)C2CCCCN2)c(CP(C23CC4CC(CC(C4)C2)C3)C23CC4CC(CC(C4)C2)C3)cc1[Si](C)(C)C. The van der Waals surface area contributed by atoms with Crippen LogP contribution in [-0.2, 0) is 12.3 Å². The van der Waals surface area contributed by atoms with E-state index in [1.54, 1.807) is 77.0 Å². The van der Waals surface area contributed by atoms with Crippen molar-refractivity contribution >= 4 is 42.4 Å². The second-order valence-electron chi connectivity index (χ2n) is 22.1. The van der Waals surface area contributed by atoms with Crippen molar-refractivity contribution in [3.63, 3.8) is 0 Å². The first-order valence-electron chi connectivity index (χ1n) is 22.0. The number of hydrogen-bond acceptors (Lipinski definition) is 2. The van der Waals surface area contributed by atoms with Crippen molar-refractivity contribution in [2.45, 2.75) is 189 Å². The lowest BCUT2D eigenvalue weighted by Crippen LogP contribution is -2.57. The van der Waals surface area contributed by atoms with Crippen LogP contribution in [0.25, 0.3) is 0 Å². The highest BCUT2D eigenvalue weighted by atomic mass is 31.1. The molecular formula is C44H74N2P2Si2. The third-order valence-electron chi connectivity index (χ3n) is 16.2. The Morgan fingerprint density at radius 2 is 0.900 bits per heavy atom. The molecule has 2 nitrogen and oxygen atoms in total. The van der Waals surface area contributed by atoms with Crippen LogP contribution >= 0.6 is 15.8 Å². The minimum atomic E-state index is -1.52. The van der Waals surface area contributed by atoms with Gasteiger partial charge in [0.05, 0.1) is 16.1 Å². The van der Waals surface area contributed by atoms with Crippen LogP contribution in [0.1, 0.15) is 127 Å². The molecule has 0 amide bonds. The highest BCUT2D eigenvalue weighted by Gasteiger charge is 2.62. The Hall–Kier alpha value is 0.434. The predicted molar refractivity (Wildman–Crippen MR) is 227 cm³/mol. The van der Waals surface area contributed by atoms with Gasteiger partial charge in [0.15, 0.2) is 0 Å². The molecule has 8 aliphatic carbocycles. The van der Waals surface area contributed by atoms with E-state index >= 15 is 0 Å². The molecule has 2 unspecified atom stereocenters. The van der Waals surface area contributed by atoms with E-state index in [4.69, 9.17) is 0 Å². The number of hydrogen-bond donors (Lipinski definition) is 2. The predicted octanol–water partition coefficient (Wildman–Crippen LogP) is 10.9. The summed E-state index contributed by atoms with van der Waals surface area (Å²) in [7, 11) is -3.21. The Bertz CT molecular complexity index is 1270. The zero-order valence-electron chi connectivity index (χ0n) is 33.2. The van der Waals surface area contributed by atoms with Crippen molar-refractivity contribution in [3.05, 3.63) is 23.3 Å². The zero-order valence-corrected chi connectivity index (χ0v) is 37.0. The fraction of sp³-hybridized carbons (Fsp3) is 0.864. The van der Waals surface area contributed by atoms with Crippen molar-refractivity contribution in [1.29, 1.82) is 0 Å². The number of rotatable bonds is 10. The second kappa shape index (κ2) is 13.6. The maximum Gasteiger partial charge on any atom is 0.0774 e. The molecule has 0 radical (unpaired) electrons. The molecule has 50 heavy (non-hydrogen) atoms. The first kappa shape index (κ1) is 36.1. The van der Waals surface area contributed by atoms with Gasteiger partial charge in [-0.05, 0) is 185 Å². The van der Waals surface area contributed by atoms with Crippen LogP contribution in [0.3, 0.4) is 0 Å². The maximum atomic E-state index is 4.16. The van der Waals surface area contributed by atoms with Gasteiger partial charge >= 0.3 is 0 Å². The van der Waals surface area contributed by atoms with Gasteiger partial charge in [-0.1, -0.05) is 90.5 Å². The Morgan fingerprint density at radius 1 is 0.540 bits per heavy atom. The largest absolute Gasteiger partial charge is 0.310 e. The quantitative estimate of drug-likeness (QED) is 0.184. The Labute approximate surface area is 312 Å². The van der Waals surface area contributed by atoms with Gasteiger partial charge in [0, 0.05) is 11.6 Å². The molecule has 278 valence electrons. The highest BCUT2D eigenvalue weighted by molar-refractivity contribution is 7.60. The molecule has 10 fully saturated rings. The van der Waals surface area contributed by atoms with E-state index in [9.17, 15) is 0 Å². The molecule has 10 aliphatic rings. The van der Waals surface area contributed by atoms with Gasteiger partial charge in [-0.15, -0.1) is 0 Å². The van der Waals surface area contributed by atoms with Gasteiger partial charge in [0.25, 0.3) is 0 Å². The summed E-state index contributed by atoms with van der Waals surface area (Å²) < 4.78 is 0. The molecule has 2 N–H and O–H groups in total. The average molecular weight is 749 g/mol. The van der Waals surface area contributed by atoms with E-state index < -0.39 is 16.1 Å². The summed E-state index contributed by atoms with van der Waals surface area (Å²) >= 11 is 0. The fourth-order valence-electron chi connectivity index (χ4n) is 14.9. The minimum absolute atomic E-state index is 0.0386. The molecule has 0 aromatic heterocycles. The van der Waals surface area contributed by atoms with E-state index in [1.807, 2.05) is 21.5 Å². The minimum Gasteiger partial charge on any atom is -0.310 e. The second-order valence-corrected chi connectivity index (χ2v) is 37.9. The fourth-order valence-corrected chi connectivity index (χ4v) is 28.6. The van der Waals surface area contributed by atoms with Gasteiger partial charge in [0.2, 0.25) is 0 Å². The van der Waals surface area contributed by atoms with E-state index in [0.29, 0.717) is 10.3 Å². The summed E-state index contributed by atoms with van der Waals surface area (Å²) in [4.78, 5) is 0. The molecular weight excluding hydrogens is 675 g/mol. The summed E-state index contributed by atoms with van der Waals surface area (Å²) in [6.45, 7) is 18.6. The third-order valence-corrected chi connectivity index (χ3v) is 27.7. The topological polar surface area (TPSA) is 24.1 Å². The van der Waals surface area contributed by atoms with Crippen LogP contribution in [-0.4, -0.2) is 51.1 Å². The van der Waals surface area contributed by atoms with Crippen LogP contribution in [0.5, 0.6) is 0 Å². The van der Waals surface area contributed by atoms with Crippen LogP contribution in [0.15, 0.2) is 12.1 Å². The van der Waals surface area contributed by atoms with Crippen LogP contribution < -0.4 is 21.0 Å². The summed E-state index contributed by atoms with van der Waals surface area (Å²) in [5.41, 5.74) is 3.79. The Balaban J connectivity index is 1.17. The normalized spacial score (nSPS) is 42.2. The Morgan fingerprint density at radius 3 is 1.22 bits per heavy atom. The van der Waals surface area contributed by atoms with Crippen molar-refractivity contribution < 1.29 is 0 Å². The number of nitrogens with one attached hydrogen (secondary N) is 2. The van der Waals surface area contributed by atoms with E-state index in [-0.39, 0.29) is 15.8 Å². The molecule has 1 aromatic rings. The molecule has 8 bridgehead atoms. The molecule has 8 saturated carbocycles. The van der Waals surface area contributed by atoms with Gasteiger partial charge in [-0.2, -0.15) is 0 Å². The van der Waals surface area contributed by atoms with Gasteiger partial charge in [-0.3, -0.25) is 0 Å². The number of benzene rings is 1. The summed E-state index contributed by atoms with van der Waals surface area (Å²) in [5, 5.41) is 13.5. The van der Waals surface area contributed by atoms with Crippen molar-refractivity contribution in [1.82, 2.24) is 10.6 Å². The van der Waals surface area contributed by atoms with Crippen molar-refractivity contribution in [2.24, 2.45) is 35.5 Å². The van der Waals surface area contributed by atoms with E-state index in [2.05, 4.69) is 62.0 Å². The van der Waals surface area contributed by atoms with E-state index in [0.717, 1.165) is 47.1 Å². The zero-order chi connectivity index (χ0) is 34.5. The van der Waals surface area contributed by atoms with Crippen LogP contribution in [0.2, 0.25) is 39.3 Å². The summed E-state index contributed by atoms with van der Waals surface area (Å²) in [5.74, 6) is 7.97. The molecule has 2 atom stereocenters. The van der Waals surface area contributed by atoms with Crippen molar-refractivity contribution in [2.75, 3.05) is 13.1 Å². The lowest BCUT2D eigenvalue weighted by Gasteiger charge is -2.67. The third kappa shape index (κ3) is 6.82. The Kier molecular flexibility index (Phi) is 9.80. The summed E-state index contributed by atoms with van der Waals surface area (Å²) in [6.07, 6.45) is 30.8. The first-order chi connectivity index (χ1) is 23.9. The first-order valence-corrected chi connectivity index (χ1v) is 32.2. The van der Waals surface area contributed by atoms with E-state index in [1.165, 1.54) is 63.9 Å². The van der Waals surface area contributed by atoms with Gasteiger partial charge < -0.3 is 10.6 Å². The smallest absolute Gasteiger partial charge is 0.0774 e. The molecule has 6 heteroatoms. The van der Waals surface area contributed by atoms with Gasteiger partial charge in [0.1, 0.15) is 0 Å². The lowest BCUT2D eigenvalue weighted by atomic mass is 9.55.